The predicted molar refractivity (Wildman–Crippen MR) is 56.7 cm³/mol. The summed E-state index contributed by atoms with van der Waals surface area (Å²) < 4.78 is 4.76. The van der Waals surface area contributed by atoms with Crippen LogP contribution in [0.1, 0.15) is 24.8 Å². The monoisotopic (exact) mass is 209 g/mol. The summed E-state index contributed by atoms with van der Waals surface area (Å²) in [6, 6.07) is 6.85. The molecule has 0 radical (unpaired) electrons. The Bertz CT molecular complexity index is 321. The van der Waals surface area contributed by atoms with E-state index in [9.17, 15) is 4.79 Å². The number of primary amides is 1. The lowest BCUT2D eigenvalue weighted by molar-refractivity contribution is 0.148. The first-order chi connectivity index (χ1) is 7.13. The molecule has 0 aliphatic heterocycles. The summed E-state index contributed by atoms with van der Waals surface area (Å²) in [5.41, 5.74) is 5.92. The summed E-state index contributed by atoms with van der Waals surface area (Å²) >= 11 is 0. The summed E-state index contributed by atoms with van der Waals surface area (Å²) in [7, 11) is 0. The highest BCUT2D eigenvalue weighted by molar-refractivity contribution is 5.64. The second kappa shape index (κ2) is 5.24. The molecule has 4 nitrogen and oxygen atoms in total. The van der Waals surface area contributed by atoms with Crippen molar-refractivity contribution in [2.24, 2.45) is 5.73 Å². The molecule has 0 fully saturated rings. The van der Waals surface area contributed by atoms with Gasteiger partial charge in [-0.2, -0.15) is 0 Å². The maximum atomic E-state index is 10.5. The number of hydrogen-bond acceptors (Lipinski definition) is 3. The number of hydrogen-bond donors (Lipinski definition) is 2. The first kappa shape index (κ1) is 11.4. The molecule has 82 valence electrons. The number of phenolic OH excluding ortho intramolecular Hbond substituents is 1. The van der Waals surface area contributed by atoms with Crippen molar-refractivity contribution in [3.05, 3.63) is 29.8 Å². The first-order valence-corrected chi connectivity index (χ1v) is 4.84. The molecule has 3 N–H and O–H groups in total. The highest BCUT2D eigenvalue weighted by Gasteiger charge is 2.10. The fraction of sp³-hybridized carbons (Fsp3) is 0.364. The molecular formula is C11H15NO3. The molecular weight excluding hydrogens is 194 g/mol. The summed E-state index contributed by atoms with van der Waals surface area (Å²) in [6.07, 6.45) is 0.0881. The van der Waals surface area contributed by atoms with E-state index in [-0.39, 0.29) is 18.3 Å². The molecule has 1 unspecified atom stereocenters. The first-order valence-electron chi connectivity index (χ1n) is 4.84. The Labute approximate surface area is 88.7 Å². The van der Waals surface area contributed by atoms with Crippen molar-refractivity contribution in [3.63, 3.8) is 0 Å². The number of nitrogens with two attached hydrogens (primary N) is 1. The zero-order chi connectivity index (χ0) is 11.3. The molecule has 0 heterocycles. The van der Waals surface area contributed by atoms with Crippen molar-refractivity contribution in [1.29, 1.82) is 0 Å². The maximum absolute atomic E-state index is 10.5. The van der Waals surface area contributed by atoms with Crippen LogP contribution in [-0.4, -0.2) is 17.8 Å². The Hall–Kier alpha value is -1.71. The minimum atomic E-state index is -0.757. The van der Waals surface area contributed by atoms with Gasteiger partial charge in [-0.1, -0.05) is 19.1 Å². The van der Waals surface area contributed by atoms with Crippen LogP contribution >= 0.6 is 0 Å². The minimum Gasteiger partial charge on any atom is -0.508 e. The quantitative estimate of drug-likeness (QED) is 0.796. The second-order valence-electron chi connectivity index (χ2n) is 3.33. The molecule has 0 aliphatic carbocycles. The molecule has 0 saturated heterocycles. The molecule has 1 amide bonds. The van der Waals surface area contributed by atoms with Gasteiger partial charge in [0.1, 0.15) is 12.4 Å². The Morgan fingerprint density at radius 3 is 2.53 bits per heavy atom. The summed E-state index contributed by atoms with van der Waals surface area (Å²) in [6.45, 7) is 2.28. The molecule has 1 aromatic rings. The lowest BCUT2D eigenvalue weighted by atomic mass is 9.97. The summed E-state index contributed by atoms with van der Waals surface area (Å²) in [5.74, 6) is 0.350. The maximum Gasteiger partial charge on any atom is 0.404 e. The van der Waals surface area contributed by atoms with Gasteiger partial charge in [-0.25, -0.2) is 4.79 Å². The minimum absolute atomic E-state index is 0.123. The van der Waals surface area contributed by atoms with E-state index in [0.717, 1.165) is 12.0 Å². The van der Waals surface area contributed by atoms with E-state index < -0.39 is 6.09 Å². The van der Waals surface area contributed by atoms with Gasteiger partial charge in [0.25, 0.3) is 0 Å². The number of aromatic hydroxyl groups is 1. The molecule has 4 heteroatoms. The number of phenols is 1. The predicted octanol–water partition coefficient (Wildman–Crippen LogP) is 1.98. The van der Waals surface area contributed by atoms with Gasteiger partial charge in [0.15, 0.2) is 0 Å². The van der Waals surface area contributed by atoms with Gasteiger partial charge in [-0.3, -0.25) is 0 Å². The van der Waals surface area contributed by atoms with Crippen LogP contribution < -0.4 is 5.73 Å². The van der Waals surface area contributed by atoms with E-state index in [0.29, 0.717) is 0 Å². The van der Waals surface area contributed by atoms with Gasteiger partial charge in [0.05, 0.1) is 0 Å². The average molecular weight is 209 g/mol. The molecule has 0 saturated carbocycles. The van der Waals surface area contributed by atoms with Crippen molar-refractivity contribution in [2.45, 2.75) is 19.3 Å². The number of benzene rings is 1. The third kappa shape index (κ3) is 3.50. The lowest BCUT2D eigenvalue weighted by Crippen LogP contribution is -2.17. The van der Waals surface area contributed by atoms with Crippen LogP contribution in [0.5, 0.6) is 5.75 Å². The molecule has 1 atom stereocenters. The van der Waals surface area contributed by atoms with E-state index in [1.54, 1.807) is 12.1 Å². The number of rotatable bonds is 4. The molecule has 1 rings (SSSR count). The van der Waals surface area contributed by atoms with E-state index in [4.69, 9.17) is 15.6 Å². The zero-order valence-corrected chi connectivity index (χ0v) is 8.64. The number of amides is 1. The third-order valence-electron chi connectivity index (χ3n) is 2.28. The van der Waals surface area contributed by atoms with E-state index >= 15 is 0 Å². The number of carbonyl (C=O) groups excluding carboxylic acids is 1. The smallest absolute Gasteiger partial charge is 0.404 e. The van der Waals surface area contributed by atoms with E-state index in [2.05, 4.69) is 0 Å². The topological polar surface area (TPSA) is 72.5 Å². The third-order valence-corrected chi connectivity index (χ3v) is 2.28. The number of ether oxygens (including phenoxy) is 1. The summed E-state index contributed by atoms with van der Waals surface area (Å²) in [5, 5.41) is 9.12. The standard InChI is InChI=1S/C11H15NO3/c1-2-8(7-15-11(12)14)9-3-5-10(13)6-4-9/h3-6,8,13H,2,7H2,1H3,(H2,12,14). The van der Waals surface area contributed by atoms with Crippen LogP contribution in [0, 0.1) is 0 Å². The van der Waals surface area contributed by atoms with E-state index in [1.165, 1.54) is 0 Å². The zero-order valence-electron chi connectivity index (χ0n) is 8.64. The van der Waals surface area contributed by atoms with Crippen molar-refractivity contribution in [2.75, 3.05) is 6.61 Å². The highest BCUT2D eigenvalue weighted by Crippen LogP contribution is 2.21. The van der Waals surface area contributed by atoms with Gasteiger partial charge in [0, 0.05) is 5.92 Å². The van der Waals surface area contributed by atoms with Crippen LogP contribution in [0.4, 0.5) is 4.79 Å². The second-order valence-corrected chi connectivity index (χ2v) is 3.33. The van der Waals surface area contributed by atoms with Gasteiger partial charge in [-0.15, -0.1) is 0 Å². The number of carbonyl (C=O) groups is 1. The Morgan fingerprint density at radius 1 is 1.47 bits per heavy atom. The fourth-order valence-electron chi connectivity index (χ4n) is 1.38. The molecule has 0 aromatic heterocycles. The molecule has 15 heavy (non-hydrogen) atoms. The molecule has 0 bridgehead atoms. The van der Waals surface area contributed by atoms with Crippen molar-refractivity contribution in [1.82, 2.24) is 0 Å². The van der Waals surface area contributed by atoms with Crippen molar-refractivity contribution >= 4 is 6.09 Å². The van der Waals surface area contributed by atoms with Crippen LogP contribution in [-0.2, 0) is 4.74 Å². The highest BCUT2D eigenvalue weighted by atomic mass is 16.5. The average Bonchev–Trinajstić information content (AvgIpc) is 2.21. The van der Waals surface area contributed by atoms with Crippen molar-refractivity contribution < 1.29 is 14.6 Å². The Balaban J connectivity index is 2.65. The van der Waals surface area contributed by atoms with Gasteiger partial charge in [0.2, 0.25) is 0 Å². The van der Waals surface area contributed by atoms with Crippen LogP contribution in [0.25, 0.3) is 0 Å². The van der Waals surface area contributed by atoms with Gasteiger partial charge < -0.3 is 15.6 Å². The SMILES string of the molecule is CCC(COC(N)=O)c1ccc(O)cc1. The van der Waals surface area contributed by atoms with E-state index in [1.807, 2.05) is 19.1 Å². The van der Waals surface area contributed by atoms with Crippen LogP contribution in [0.3, 0.4) is 0 Å². The normalized spacial score (nSPS) is 12.1. The fourth-order valence-corrected chi connectivity index (χ4v) is 1.38. The molecule has 0 aliphatic rings. The van der Waals surface area contributed by atoms with Crippen LogP contribution in [0.2, 0.25) is 0 Å². The Morgan fingerprint density at radius 2 is 2.07 bits per heavy atom. The Kier molecular flexibility index (Phi) is 3.97. The molecule has 0 spiro atoms. The van der Waals surface area contributed by atoms with Crippen molar-refractivity contribution in [3.8, 4) is 5.75 Å². The molecule has 1 aromatic carbocycles. The van der Waals surface area contributed by atoms with Crippen LogP contribution in [0.15, 0.2) is 24.3 Å². The van der Waals surface area contributed by atoms with Gasteiger partial charge >= 0.3 is 6.09 Å². The lowest BCUT2D eigenvalue weighted by Gasteiger charge is -2.14. The largest absolute Gasteiger partial charge is 0.508 e. The summed E-state index contributed by atoms with van der Waals surface area (Å²) in [4.78, 5) is 10.5. The van der Waals surface area contributed by atoms with Gasteiger partial charge in [-0.05, 0) is 24.1 Å².